The van der Waals surface area contributed by atoms with Crippen LogP contribution in [0.25, 0.3) is 0 Å². The van der Waals surface area contributed by atoms with E-state index in [9.17, 15) is 0 Å². The molecule has 1 atom stereocenters. The fourth-order valence-electron chi connectivity index (χ4n) is 3.00. The van der Waals surface area contributed by atoms with Crippen LogP contribution >= 0.6 is 11.6 Å². The van der Waals surface area contributed by atoms with Crippen LogP contribution in [0.2, 0.25) is 5.02 Å². The highest BCUT2D eigenvalue weighted by Gasteiger charge is 2.51. The Morgan fingerprint density at radius 2 is 1.90 bits per heavy atom. The van der Waals surface area contributed by atoms with Gasteiger partial charge in [-0.15, -0.1) is 0 Å². The number of hydrogen-bond acceptors (Lipinski definition) is 2. The fourth-order valence-corrected chi connectivity index (χ4v) is 3.25. The predicted octanol–water partition coefficient (Wildman–Crippen LogP) is 3.85. The molecule has 1 saturated carbocycles. The molecule has 2 aromatic rings. The average molecular weight is 290 g/mol. The third-order valence-corrected chi connectivity index (χ3v) is 4.59. The number of halogens is 1. The fraction of sp³-hybridized carbons (Fsp3) is 0.438. The van der Waals surface area contributed by atoms with Gasteiger partial charge in [0, 0.05) is 11.5 Å². The summed E-state index contributed by atoms with van der Waals surface area (Å²) in [5.41, 5.74) is 8.90. The quantitative estimate of drug-likeness (QED) is 0.929. The van der Waals surface area contributed by atoms with Gasteiger partial charge in [-0.05, 0) is 32.3 Å². The molecule has 1 aliphatic rings. The minimum Gasteiger partial charge on any atom is -0.322 e. The molecule has 1 aliphatic carbocycles. The standard InChI is InChI=1S/C16H20ClN3/c1-11(2)20-14(13(17)10-19-20)15(18)16(8-9-16)12-6-4-3-5-7-12/h3-7,10-11,15H,8-9,18H2,1-2H3. The van der Waals surface area contributed by atoms with E-state index < -0.39 is 0 Å². The van der Waals surface area contributed by atoms with E-state index in [1.807, 2.05) is 10.7 Å². The normalized spacial score (nSPS) is 18.2. The molecular weight excluding hydrogens is 270 g/mol. The van der Waals surface area contributed by atoms with Crippen LogP contribution in [-0.4, -0.2) is 9.78 Å². The van der Waals surface area contributed by atoms with E-state index in [-0.39, 0.29) is 17.5 Å². The molecule has 0 aliphatic heterocycles. The number of benzene rings is 1. The van der Waals surface area contributed by atoms with Crippen molar-refractivity contribution in [2.45, 2.75) is 44.2 Å². The van der Waals surface area contributed by atoms with Gasteiger partial charge in [-0.25, -0.2) is 0 Å². The number of nitrogens with two attached hydrogens (primary N) is 1. The smallest absolute Gasteiger partial charge is 0.0834 e. The van der Waals surface area contributed by atoms with Crippen molar-refractivity contribution in [3.8, 4) is 0 Å². The molecule has 0 saturated heterocycles. The van der Waals surface area contributed by atoms with Crippen LogP contribution in [0.15, 0.2) is 36.5 Å². The summed E-state index contributed by atoms with van der Waals surface area (Å²) >= 11 is 6.34. The number of rotatable bonds is 4. The minimum atomic E-state index is -0.109. The summed E-state index contributed by atoms with van der Waals surface area (Å²) in [4.78, 5) is 0. The molecular formula is C16H20ClN3. The molecule has 1 fully saturated rings. The Labute approximate surface area is 124 Å². The molecule has 1 aromatic carbocycles. The first-order chi connectivity index (χ1) is 9.56. The van der Waals surface area contributed by atoms with Gasteiger partial charge in [-0.2, -0.15) is 5.10 Å². The predicted molar refractivity (Wildman–Crippen MR) is 81.9 cm³/mol. The minimum absolute atomic E-state index is 0.0254. The summed E-state index contributed by atoms with van der Waals surface area (Å²) in [5.74, 6) is 0. The molecule has 0 spiro atoms. The van der Waals surface area contributed by atoms with Crippen LogP contribution in [0, 0.1) is 0 Å². The van der Waals surface area contributed by atoms with E-state index in [0.717, 1.165) is 18.5 Å². The molecule has 3 rings (SSSR count). The van der Waals surface area contributed by atoms with Crippen molar-refractivity contribution < 1.29 is 0 Å². The Hall–Kier alpha value is -1.32. The van der Waals surface area contributed by atoms with Gasteiger partial charge in [-0.3, -0.25) is 4.68 Å². The monoisotopic (exact) mass is 289 g/mol. The molecule has 1 heterocycles. The van der Waals surface area contributed by atoms with E-state index >= 15 is 0 Å². The van der Waals surface area contributed by atoms with Crippen molar-refractivity contribution in [3.05, 3.63) is 52.8 Å². The van der Waals surface area contributed by atoms with Crippen LogP contribution in [0.5, 0.6) is 0 Å². The van der Waals surface area contributed by atoms with Gasteiger partial charge in [0.05, 0.1) is 23.0 Å². The summed E-state index contributed by atoms with van der Waals surface area (Å²) in [6, 6.07) is 10.7. The maximum atomic E-state index is 6.61. The molecule has 106 valence electrons. The first-order valence-corrected chi connectivity index (χ1v) is 7.48. The summed E-state index contributed by atoms with van der Waals surface area (Å²) in [6.07, 6.45) is 3.92. The Morgan fingerprint density at radius 1 is 1.25 bits per heavy atom. The molecule has 0 radical (unpaired) electrons. The summed E-state index contributed by atoms with van der Waals surface area (Å²) < 4.78 is 1.95. The van der Waals surface area contributed by atoms with Gasteiger partial charge >= 0.3 is 0 Å². The van der Waals surface area contributed by atoms with Gasteiger partial charge in [0.25, 0.3) is 0 Å². The van der Waals surface area contributed by atoms with Crippen LogP contribution in [0.1, 0.15) is 50.0 Å². The molecule has 3 nitrogen and oxygen atoms in total. The summed E-state index contributed by atoms with van der Waals surface area (Å²) in [6.45, 7) is 4.20. The van der Waals surface area contributed by atoms with Crippen molar-refractivity contribution in [1.29, 1.82) is 0 Å². The Bertz CT molecular complexity index is 599. The lowest BCUT2D eigenvalue weighted by atomic mass is 9.86. The second-order valence-corrected chi connectivity index (χ2v) is 6.32. The van der Waals surface area contributed by atoms with Crippen molar-refractivity contribution in [2.75, 3.05) is 0 Å². The highest BCUT2D eigenvalue weighted by molar-refractivity contribution is 6.31. The van der Waals surface area contributed by atoms with Gasteiger partial charge in [0.2, 0.25) is 0 Å². The maximum Gasteiger partial charge on any atom is 0.0834 e. The van der Waals surface area contributed by atoms with E-state index in [1.165, 1.54) is 5.56 Å². The van der Waals surface area contributed by atoms with Crippen molar-refractivity contribution in [1.82, 2.24) is 9.78 Å². The number of hydrogen-bond donors (Lipinski definition) is 1. The highest BCUT2D eigenvalue weighted by atomic mass is 35.5. The zero-order chi connectivity index (χ0) is 14.3. The third-order valence-electron chi connectivity index (χ3n) is 4.30. The largest absolute Gasteiger partial charge is 0.322 e. The molecule has 0 amide bonds. The van der Waals surface area contributed by atoms with Gasteiger partial charge in [-0.1, -0.05) is 41.9 Å². The zero-order valence-electron chi connectivity index (χ0n) is 11.9. The van der Waals surface area contributed by atoms with Gasteiger partial charge < -0.3 is 5.73 Å². The number of nitrogens with zero attached hydrogens (tertiary/aromatic N) is 2. The lowest BCUT2D eigenvalue weighted by Gasteiger charge is -2.26. The topological polar surface area (TPSA) is 43.8 Å². The molecule has 20 heavy (non-hydrogen) atoms. The van der Waals surface area contributed by atoms with Crippen LogP contribution in [-0.2, 0) is 5.41 Å². The molecule has 1 aromatic heterocycles. The third kappa shape index (κ3) is 2.05. The van der Waals surface area contributed by atoms with Crippen LogP contribution < -0.4 is 5.73 Å². The van der Waals surface area contributed by atoms with Crippen molar-refractivity contribution in [3.63, 3.8) is 0 Å². The Morgan fingerprint density at radius 3 is 2.45 bits per heavy atom. The first kappa shape index (κ1) is 13.7. The van der Waals surface area contributed by atoms with E-state index in [1.54, 1.807) is 6.20 Å². The van der Waals surface area contributed by atoms with Crippen LogP contribution in [0.4, 0.5) is 0 Å². The Kier molecular flexibility index (Phi) is 3.35. The lowest BCUT2D eigenvalue weighted by Crippen LogP contribution is -2.29. The molecule has 1 unspecified atom stereocenters. The number of aromatic nitrogens is 2. The first-order valence-electron chi connectivity index (χ1n) is 7.10. The second-order valence-electron chi connectivity index (χ2n) is 5.92. The van der Waals surface area contributed by atoms with E-state index in [0.29, 0.717) is 5.02 Å². The second kappa shape index (κ2) is 4.90. The SMILES string of the molecule is CC(C)n1ncc(Cl)c1C(N)C1(c2ccccc2)CC1. The molecule has 4 heteroatoms. The highest BCUT2D eigenvalue weighted by Crippen LogP contribution is 2.56. The Balaban J connectivity index is 2.02. The summed E-state index contributed by atoms with van der Waals surface area (Å²) in [5, 5.41) is 5.05. The summed E-state index contributed by atoms with van der Waals surface area (Å²) in [7, 11) is 0. The van der Waals surface area contributed by atoms with Gasteiger partial charge in [0.1, 0.15) is 0 Å². The van der Waals surface area contributed by atoms with E-state index in [4.69, 9.17) is 17.3 Å². The van der Waals surface area contributed by atoms with Crippen molar-refractivity contribution >= 4 is 11.6 Å². The zero-order valence-corrected chi connectivity index (χ0v) is 12.6. The van der Waals surface area contributed by atoms with Crippen molar-refractivity contribution in [2.24, 2.45) is 5.73 Å². The van der Waals surface area contributed by atoms with Gasteiger partial charge in [0.15, 0.2) is 0 Å². The molecule has 0 bridgehead atoms. The van der Waals surface area contributed by atoms with E-state index in [2.05, 4.69) is 43.2 Å². The lowest BCUT2D eigenvalue weighted by molar-refractivity contribution is 0.445. The van der Waals surface area contributed by atoms with Crippen LogP contribution in [0.3, 0.4) is 0 Å². The maximum absolute atomic E-state index is 6.61. The molecule has 2 N–H and O–H groups in total. The average Bonchev–Trinajstić information content (AvgIpc) is 3.17.